The molecule has 96 valence electrons. The Hall–Kier alpha value is -1.97. The largest absolute Gasteiger partial charge is 0.494 e. The lowest BCUT2D eigenvalue weighted by atomic mass is 10.2. The predicted octanol–water partition coefficient (Wildman–Crippen LogP) is 2.74. The average molecular weight is 245 g/mol. The smallest absolute Gasteiger partial charge is 0.127 e. The van der Waals surface area contributed by atoms with Crippen molar-refractivity contribution in [1.82, 2.24) is 9.78 Å². The van der Waals surface area contributed by atoms with Gasteiger partial charge in [-0.25, -0.2) is 0 Å². The minimum absolute atomic E-state index is 0.700. The van der Waals surface area contributed by atoms with Gasteiger partial charge in [0.05, 0.1) is 12.8 Å². The van der Waals surface area contributed by atoms with Crippen LogP contribution in [0.2, 0.25) is 0 Å². The summed E-state index contributed by atoms with van der Waals surface area (Å²) in [6.45, 7) is 5.52. The van der Waals surface area contributed by atoms with E-state index >= 15 is 0 Å². The summed E-state index contributed by atoms with van der Waals surface area (Å²) in [7, 11) is 1.94. The summed E-state index contributed by atoms with van der Waals surface area (Å²) in [6.07, 6.45) is 1.86. The Bertz CT molecular complexity index is 483. The first kappa shape index (κ1) is 12.5. The van der Waals surface area contributed by atoms with Crippen molar-refractivity contribution in [2.24, 2.45) is 7.05 Å². The van der Waals surface area contributed by atoms with Gasteiger partial charge in [0.15, 0.2) is 0 Å². The Morgan fingerprint density at radius 1 is 1.28 bits per heavy atom. The van der Waals surface area contributed by atoms with Gasteiger partial charge in [0, 0.05) is 19.2 Å². The number of rotatable bonds is 5. The molecule has 0 aliphatic rings. The van der Waals surface area contributed by atoms with Gasteiger partial charge in [-0.15, -0.1) is 0 Å². The molecule has 0 atom stereocenters. The molecular weight excluding hydrogens is 226 g/mol. The highest BCUT2D eigenvalue weighted by atomic mass is 16.5. The predicted molar refractivity (Wildman–Crippen MR) is 72.9 cm³/mol. The van der Waals surface area contributed by atoms with Crippen LogP contribution >= 0.6 is 0 Å². The van der Waals surface area contributed by atoms with Crippen molar-refractivity contribution in [3.63, 3.8) is 0 Å². The topological polar surface area (TPSA) is 39.1 Å². The first-order chi connectivity index (χ1) is 8.70. The fourth-order valence-electron chi connectivity index (χ4n) is 1.86. The number of nitrogens with one attached hydrogen (secondary N) is 1. The molecule has 0 bridgehead atoms. The van der Waals surface area contributed by atoms with Crippen LogP contribution in [0.1, 0.15) is 18.1 Å². The highest BCUT2D eigenvalue weighted by molar-refractivity contribution is 5.43. The van der Waals surface area contributed by atoms with Crippen LogP contribution in [0.4, 0.5) is 5.82 Å². The average Bonchev–Trinajstić information content (AvgIpc) is 2.69. The summed E-state index contributed by atoms with van der Waals surface area (Å²) in [5, 5.41) is 7.59. The molecule has 0 aliphatic heterocycles. The van der Waals surface area contributed by atoms with Gasteiger partial charge >= 0.3 is 0 Å². The van der Waals surface area contributed by atoms with Crippen molar-refractivity contribution in [3.8, 4) is 5.75 Å². The van der Waals surface area contributed by atoms with E-state index in [-0.39, 0.29) is 0 Å². The summed E-state index contributed by atoms with van der Waals surface area (Å²) in [6, 6.07) is 8.14. The van der Waals surface area contributed by atoms with E-state index in [0.717, 1.165) is 23.7 Å². The lowest BCUT2D eigenvalue weighted by molar-refractivity contribution is 0.340. The normalized spacial score (nSPS) is 10.4. The molecule has 4 heteroatoms. The minimum Gasteiger partial charge on any atom is -0.494 e. The van der Waals surface area contributed by atoms with Gasteiger partial charge in [-0.1, -0.05) is 12.1 Å². The van der Waals surface area contributed by atoms with Crippen LogP contribution in [0.3, 0.4) is 0 Å². The second kappa shape index (κ2) is 5.58. The summed E-state index contributed by atoms with van der Waals surface area (Å²) < 4.78 is 7.27. The minimum atomic E-state index is 0.700. The standard InChI is InChI=1S/C14H19N3O/c1-4-18-13-7-5-12(6-8-13)10-15-14-11(2)9-16-17(14)3/h5-9,15H,4,10H2,1-3H3. The third-order valence-corrected chi connectivity index (χ3v) is 2.82. The Balaban J connectivity index is 1.98. The summed E-state index contributed by atoms with van der Waals surface area (Å²) in [5.41, 5.74) is 2.38. The van der Waals surface area contributed by atoms with E-state index in [1.807, 2.05) is 43.9 Å². The summed E-state index contributed by atoms with van der Waals surface area (Å²) >= 11 is 0. The molecule has 0 saturated carbocycles. The Labute approximate surface area is 108 Å². The van der Waals surface area contributed by atoms with Crippen LogP contribution in [-0.2, 0) is 13.6 Å². The van der Waals surface area contributed by atoms with Crippen LogP contribution in [0.15, 0.2) is 30.5 Å². The second-order valence-corrected chi connectivity index (χ2v) is 4.23. The lowest BCUT2D eigenvalue weighted by Crippen LogP contribution is -2.05. The van der Waals surface area contributed by atoms with Crippen LogP contribution in [0, 0.1) is 6.92 Å². The second-order valence-electron chi connectivity index (χ2n) is 4.23. The molecule has 0 fully saturated rings. The number of hydrogen-bond acceptors (Lipinski definition) is 3. The molecule has 2 rings (SSSR count). The number of anilines is 1. The van der Waals surface area contributed by atoms with Gasteiger partial charge in [-0.3, -0.25) is 4.68 Å². The zero-order valence-electron chi connectivity index (χ0n) is 11.1. The van der Waals surface area contributed by atoms with Crippen molar-refractivity contribution in [1.29, 1.82) is 0 Å². The van der Waals surface area contributed by atoms with E-state index in [4.69, 9.17) is 4.74 Å². The van der Waals surface area contributed by atoms with E-state index in [1.165, 1.54) is 5.56 Å². The molecule has 2 aromatic rings. The molecule has 0 saturated heterocycles. The van der Waals surface area contributed by atoms with Crippen molar-refractivity contribution in [3.05, 3.63) is 41.6 Å². The fourth-order valence-corrected chi connectivity index (χ4v) is 1.86. The number of benzene rings is 1. The van der Waals surface area contributed by atoms with Gasteiger partial charge in [0.1, 0.15) is 11.6 Å². The maximum Gasteiger partial charge on any atom is 0.127 e. The number of hydrogen-bond donors (Lipinski definition) is 1. The van der Waals surface area contributed by atoms with Crippen molar-refractivity contribution in [2.75, 3.05) is 11.9 Å². The molecule has 0 aliphatic carbocycles. The number of nitrogens with zero attached hydrogens (tertiary/aromatic N) is 2. The molecule has 0 radical (unpaired) electrons. The zero-order valence-corrected chi connectivity index (χ0v) is 11.1. The lowest BCUT2D eigenvalue weighted by Gasteiger charge is -2.09. The molecule has 0 spiro atoms. The highest BCUT2D eigenvalue weighted by Crippen LogP contribution is 2.16. The Morgan fingerprint density at radius 3 is 2.56 bits per heavy atom. The van der Waals surface area contributed by atoms with E-state index in [0.29, 0.717) is 6.61 Å². The first-order valence-corrected chi connectivity index (χ1v) is 6.15. The molecular formula is C14H19N3O. The van der Waals surface area contributed by atoms with Crippen LogP contribution in [0.5, 0.6) is 5.75 Å². The molecule has 18 heavy (non-hydrogen) atoms. The maximum atomic E-state index is 5.41. The van der Waals surface area contributed by atoms with Crippen molar-refractivity contribution >= 4 is 5.82 Å². The van der Waals surface area contributed by atoms with Crippen molar-refractivity contribution < 1.29 is 4.74 Å². The van der Waals surface area contributed by atoms with E-state index < -0.39 is 0 Å². The summed E-state index contributed by atoms with van der Waals surface area (Å²) in [4.78, 5) is 0. The van der Waals surface area contributed by atoms with E-state index in [9.17, 15) is 0 Å². The number of aromatic nitrogens is 2. The number of ether oxygens (including phenoxy) is 1. The van der Waals surface area contributed by atoms with Gasteiger partial charge in [-0.2, -0.15) is 5.10 Å². The SMILES string of the molecule is CCOc1ccc(CNc2c(C)cnn2C)cc1. The highest BCUT2D eigenvalue weighted by Gasteiger charge is 2.03. The van der Waals surface area contributed by atoms with E-state index in [2.05, 4.69) is 22.5 Å². The monoisotopic (exact) mass is 245 g/mol. The fraction of sp³-hybridized carbons (Fsp3) is 0.357. The van der Waals surface area contributed by atoms with Crippen LogP contribution in [0.25, 0.3) is 0 Å². The molecule has 1 N–H and O–H groups in total. The molecule has 0 amide bonds. The maximum absolute atomic E-state index is 5.41. The molecule has 1 aromatic carbocycles. The molecule has 0 unspecified atom stereocenters. The first-order valence-electron chi connectivity index (χ1n) is 6.15. The molecule has 4 nitrogen and oxygen atoms in total. The Morgan fingerprint density at radius 2 is 2.00 bits per heavy atom. The summed E-state index contributed by atoms with van der Waals surface area (Å²) in [5.74, 6) is 1.97. The Kier molecular flexibility index (Phi) is 3.87. The molecule has 1 aromatic heterocycles. The van der Waals surface area contributed by atoms with Gasteiger partial charge in [0.25, 0.3) is 0 Å². The van der Waals surface area contributed by atoms with Crippen LogP contribution in [-0.4, -0.2) is 16.4 Å². The molecule has 1 heterocycles. The zero-order chi connectivity index (χ0) is 13.0. The van der Waals surface area contributed by atoms with E-state index in [1.54, 1.807) is 0 Å². The quantitative estimate of drug-likeness (QED) is 0.880. The van der Waals surface area contributed by atoms with Gasteiger partial charge in [0.2, 0.25) is 0 Å². The van der Waals surface area contributed by atoms with Gasteiger partial charge in [-0.05, 0) is 31.5 Å². The van der Waals surface area contributed by atoms with Crippen LogP contribution < -0.4 is 10.1 Å². The third-order valence-electron chi connectivity index (χ3n) is 2.82. The number of aryl methyl sites for hydroxylation is 2. The van der Waals surface area contributed by atoms with Gasteiger partial charge < -0.3 is 10.1 Å². The third kappa shape index (κ3) is 2.83. The van der Waals surface area contributed by atoms with Crippen molar-refractivity contribution in [2.45, 2.75) is 20.4 Å².